The molecule has 1 saturated heterocycles. The molecule has 2 amide bonds. The van der Waals surface area contributed by atoms with E-state index in [-0.39, 0.29) is 41.8 Å². The molecule has 1 heterocycles. The van der Waals surface area contributed by atoms with Gasteiger partial charge in [-0.05, 0) is 49.9 Å². The van der Waals surface area contributed by atoms with Crippen LogP contribution in [0, 0.1) is 5.82 Å². The first-order valence-electron chi connectivity index (χ1n) is 10.8. The van der Waals surface area contributed by atoms with E-state index in [9.17, 15) is 22.4 Å². The van der Waals surface area contributed by atoms with Crippen molar-refractivity contribution in [2.75, 3.05) is 46.3 Å². The summed E-state index contributed by atoms with van der Waals surface area (Å²) in [4.78, 5) is 28.8. The largest absolute Gasteiger partial charge is 0.350 e. The van der Waals surface area contributed by atoms with Crippen LogP contribution in [0.15, 0.2) is 53.4 Å². The number of benzene rings is 2. The van der Waals surface area contributed by atoms with E-state index < -0.39 is 15.9 Å². The van der Waals surface area contributed by atoms with Crippen LogP contribution in [-0.4, -0.2) is 80.7 Å². The maximum Gasteiger partial charge on any atom is 0.254 e. The molecule has 0 bridgehead atoms. The van der Waals surface area contributed by atoms with Gasteiger partial charge in [0.15, 0.2) is 0 Å². The van der Waals surface area contributed by atoms with Gasteiger partial charge in [-0.25, -0.2) is 12.8 Å². The summed E-state index contributed by atoms with van der Waals surface area (Å²) in [5.74, 6) is -1.15. The molecule has 3 rings (SSSR count). The molecule has 1 N–H and O–H groups in total. The molecule has 1 fully saturated rings. The van der Waals surface area contributed by atoms with Crippen LogP contribution < -0.4 is 5.32 Å². The van der Waals surface area contributed by atoms with Crippen LogP contribution in [0.2, 0.25) is 0 Å². The second-order valence-corrected chi connectivity index (χ2v) is 9.90. The van der Waals surface area contributed by atoms with Gasteiger partial charge in [0.1, 0.15) is 5.82 Å². The molecule has 0 atom stereocenters. The lowest BCUT2D eigenvalue weighted by Gasteiger charge is -2.31. The number of sulfonamides is 1. The number of hydrogen-bond donors (Lipinski definition) is 1. The molecule has 2 aromatic carbocycles. The summed E-state index contributed by atoms with van der Waals surface area (Å²) >= 11 is 0. The summed E-state index contributed by atoms with van der Waals surface area (Å²) in [6.07, 6.45) is 0. The van der Waals surface area contributed by atoms with Crippen LogP contribution >= 0.6 is 0 Å². The van der Waals surface area contributed by atoms with E-state index in [4.69, 9.17) is 0 Å². The molecule has 10 heteroatoms. The fourth-order valence-corrected chi connectivity index (χ4v) is 4.98. The molecule has 0 unspecified atom stereocenters. The van der Waals surface area contributed by atoms with Crippen LogP contribution in [0.5, 0.6) is 0 Å². The number of carbonyl (C=O) groups is 2. The highest BCUT2D eigenvalue weighted by Gasteiger charge is 2.28. The second kappa shape index (κ2) is 10.9. The van der Waals surface area contributed by atoms with Crippen molar-refractivity contribution >= 4 is 21.8 Å². The number of halogens is 1. The van der Waals surface area contributed by atoms with E-state index >= 15 is 0 Å². The molecule has 178 valence electrons. The summed E-state index contributed by atoms with van der Waals surface area (Å²) in [6.45, 7) is 4.14. The molecule has 0 aliphatic carbocycles. The number of nitrogens with zero attached hydrogens (tertiary/aromatic N) is 3. The lowest BCUT2D eigenvalue weighted by atomic mass is 10.2. The summed E-state index contributed by atoms with van der Waals surface area (Å²) < 4.78 is 40.5. The topological polar surface area (TPSA) is 90.0 Å². The van der Waals surface area contributed by atoms with Gasteiger partial charge < -0.3 is 15.1 Å². The van der Waals surface area contributed by atoms with Crippen LogP contribution in [0.1, 0.15) is 22.8 Å². The van der Waals surface area contributed by atoms with Gasteiger partial charge in [-0.1, -0.05) is 18.2 Å². The van der Waals surface area contributed by atoms with Crippen LogP contribution in [0.25, 0.3) is 0 Å². The van der Waals surface area contributed by atoms with Crippen molar-refractivity contribution in [1.82, 2.24) is 19.4 Å². The van der Waals surface area contributed by atoms with E-state index in [0.717, 1.165) is 5.56 Å². The highest BCUT2D eigenvalue weighted by atomic mass is 32.2. The Morgan fingerprint density at radius 2 is 1.73 bits per heavy atom. The van der Waals surface area contributed by atoms with Crippen LogP contribution in [0.3, 0.4) is 0 Å². The Labute approximate surface area is 194 Å². The maximum atomic E-state index is 13.0. The van der Waals surface area contributed by atoms with Crippen molar-refractivity contribution < 1.29 is 22.4 Å². The van der Waals surface area contributed by atoms with E-state index in [1.54, 1.807) is 31.2 Å². The Bertz CT molecular complexity index is 1080. The average Bonchev–Trinajstić information content (AvgIpc) is 2.82. The third-order valence-electron chi connectivity index (χ3n) is 5.59. The van der Waals surface area contributed by atoms with Gasteiger partial charge >= 0.3 is 0 Å². The Kier molecular flexibility index (Phi) is 8.17. The highest BCUT2D eigenvalue weighted by Crippen LogP contribution is 2.19. The van der Waals surface area contributed by atoms with E-state index in [2.05, 4.69) is 10.2 Å². The zero-order valence-corrected chi connectivity index (χ0v) is 19.6. The zero-order chi connectivity index (χ0) is 24.0. The van der Waals surface area contributed by atoms with E-state index in [0.29, 0.717) is 26.2 Å². The summed E-state index contributed by atoms with van der Waals surface area (Å²) in [7, 11) is -1.77. The smallest absolute Gasteiger partial charge is 0.254 e. The Hall–Kier alpha value is -2.82. The van der Waals surface area contributed by atoms with Gasteiger partial charge in [0.05, 0.1) is 11.4 Å². The average molecular weight is 477 g/mol. The molecule has 0 aromatic heterocycles. The third kappa shape index (κ3) is 6.37. The minimum absolute atomic E-state index is 0.0646. The Balaban J connectivity index is 1.66. The van der Waals surface area contributed by atoms with Crippen molar-refractivity contribution in [3.05, 3.63) is 65.5 Å². The lowest BCUT2D eigenvalue weighted by molar-refractivity contribution is -0.121. The molecule has 0 spiro atoms. The van der Waals surface area contributed by atoms with Crippen molar-refractivity contribution in [2.24, 2.45) is 0 Å². The number of nitrogens with one attached hydrogen (secondary N) is 1. The molecule has 2 aromatic rings. The first kappa shape index (κ1) is 24.8. The standard InChI is InChI=1S/C23H29FN4O4S/c1-3-27(17-22(29)25-16-18-7-9-20(24)10-8-18)23(30)19-5-4-6-21(15-19)33(31,32)28-13-11-26(2)12-14-28/h4-10,15H,3,11-14,16-17H2,1-2H3,(H,25,29). The molecule has 8 nitrogen and oxygen atoms in total. The number of amides is 2. The normalized spacial score (nSPS) is 15.2. The zero-order valence-electron chi connectivity index (χ0n) is 18.8. The van der Waals surface area contributed by atoms with E-state index in [1.807, 2.05) is 7.05 Å². The van der Waals surface area contributed by atoms with Crippen molar-refractivity contribution in [2.45, 2.75) is 18.4 Å². The summed E-state index contributed by atoms with van der Waals surface area (Å²) in [5, 5.41) is 2.71. The SMILES string of the molecule is CCN(CC(=O)NCc1ccc(F)cc1)C(=O)c1cccc(S(=O)(=O)N2CCN(C)CC2)c1. The van der Waals surface area contributed by atoms with Gasteiger partial charge in [-0.3, -0.25) is 9.59 Å². The second-order valence-electron chi connectivity index (χ2n) is 7.96. The van der Waals surface area contributed by atoms with Crippen molar-refractivity contribution in [3.8, 4) is 0 Å². The molecule has 1 aliphatic heterocycles. The lowest BCUT2D eigenvalue weighted by Crippen LogP contribution is -2.47. The summed E-state index contributed by atoms with van der Waals surface area (Å²) in [6, 6.07) is 11.7. The number of piperazine rings is 1. The number of carbonyl (C=O) groups excluding carboxylic acids is 2. The fraction of sp³-hybridized carbons (Fsp3) is 0.391. The Morgan fingerprint density at radius 3 is 2.36 bits per heavy atom. The first-order chi connectivity index (χ1) is 15.7. The minimum Gasteiger partial charge on any atom is -0.350 e. The van der Waals surface area contributed by atoms with Crippen molar-refractivity contribution in [1.29, 1.82) is 0 Å². The molecule has 1 aliphatic rings. The molecular weight excluding hydrogens is 447 g/mol. The Morgan fingerprint density at radius 1 is 1.06 bits per heavy atom. The van der Waals surface area contributed by atoms with Crippen LogP contribution in [0.4, 0.5) is 4.39 Å². The predicted octanol–water partition coefficient (Wildman–Crippen LogP) is 1.54. The van der Waals surface area contributed by atoms with Gasteiger partial charge in [0.25, 0.3) is 5.91 Å². The molecular formula is C23H29FN4O4S. The maximum absolute atomic E-state index is 13.0. The number of rotatable bonds is 8. The number of hydrogen-bond acceptors (Lipinski definition) is 5. The van der Waals surface area contributed by atoms with Crippen LogP contribution in [-0.2, 0) is 21.4 Å². The quantitative estimate of drug-likeness (QED) is 0.624. The molecule has 33 heavy (non-hydrogen) atoms. The highest BCUT2D eigenvalue weighted by molar-refractivity contribution is 7.89. The van der Waals surface area contributed by atoms with E-state index in [1.165, 1.54) is 33.5 Å². The first-order valence-corrected chi connectivity index (χ1v) is 12.2. The fourth-order valence-electron chi connectivity index (χ4n) is 3.51. The third-order valence-corrected chi connectivity index (χ3v) is 7.48. The van der Waals surface area contributed by atoms with Gasteiger partial charge in [0, 0.05) is 44.8 Å². The monoisotopic (exact) mass is 476 g/mol. The molecule has 0 saturated carbocycles. The predicted molar refractivity (Wildman–Crippen MR) is 123 cm³/mol. The summed E-state index contributed by atoms with van der Waals surface area (Å²) in [5.41, 5.74) is 0.944. The van der Waals surface area contributed by atoms with Gasteiger partial charge in [-0.2, -0.15) is 4.31 Å². The van der Waals surface area contributed by atoms with Crippen molar-refractivity contribution in [3.63, 3.8) is 0 Å². The van der Waals surface area contributed by atoms with Gasteiger partial charge in [-0.15, -0.1) is 0 Å². The van der Waals surface area contributed by atoms with Gasteiger partial charge in [0.2, 0.25) is 15.9 Å². The minimum atomic E-state index is -3.71. The number of likely N-dealkylation sites (N-methyl/N-ethyl adjacent to an activating group) is 2. The molecule has 0 radical (unpaired) electrons.